The number of nitrogens with one attached hydrogen (secondary N) is 2. The number of sulfonamides is 1. The van der Waals surface area contributed by atoms with Crippen LogP contribution in [0.25, 0.3) is 32.7 Å². The summed E-state index contributed by atoms with van der Waals surface area (Å²) in [5, 5.41) is 28.4. The van der Waals surface area contributed by atoms with Gasteiger partial charge >= 0.3 is 12.1 Å². The zero-order chi connectivity index (χ0) is 27.9. The van der Waals surface area contributed by atoms with Gasteiger partial charge in [0, 0.05) is 13.1 Å². The number of tetrazole rings is 1. The number of halogens is 3. The van der Waals surface area contributed by atoms with Gasteiger partial charge in [-0.25, -0.2) is 31.8 Å². The minimum atomic E-state index is -5.08. The molecule has 0 aliphatic carbocycles. The van der Waals surface area contributed by atoms with Crippen LogP contribution in [0.15, 0.2) is 45.6 Å². The van der Waals surface area contributed by atoms with Crippen molar-refractivity contribution in [2.75, 3.05) is 13.1 Å². The number of sulfone groups is 1. The van der Waals surface area contributed by atoms with Gasteiger partial charge in [0.15, 0.2) is 9.84 Å². The van der Waals surface area contributed by atoms with Crippen LogP contribution < -0.4 is 10.5 Å². The number of aromatic nitrogens is 5. The molecule has 19 heteroatoms. The van der Waals surface area contributed by atoms with Crippen LogP contribution in [0.4, 0.5) is 13.2 Å². The number of nitrogens with zero attached hydrogens (tertiary/aromatic N) is 4. The molecule has 5 rings (SSSR count). The highest BCUT2D eigenvalue weighted by molar-refractivity contribution is 7.94. The number of benzene rings is 2. The highest BCUT2D eigenvalue weighted by atomic mass is 32.2. The molecule has 0 atom stereocenters. The van der Waals surface area contributed by atoms with Crippen LogP contribution in [0.3, 0.4) is 0 Å². The van der Waals surface area contributed by atoms with Gasteiger partial charge in [0.25, 0.3) is 0 Å². The molecule has 2 aromatic heterocycles. The largest absolute Gasteiger partial charge is 0.490 e. The second-order valence-electron chi connectivity index (χ2n) is 7.76. The molecule has 13 nitrogen and oxygen atoms in total. The maximum absolute atomic E-state index is 13.2. The maximum atomic E-state index is 13.2. The van der Waals surface area contributed by atoms with Crippen molar-refractivity contribution >= 4 is 47.4 Å². The van der Waals surface area contributed by atoms with Crippen LogP contribution >= 0.6 is 11.3 Å². The molecule has 3 heterocycles. The summed E-state index contributed by atoms with van der Waals surface area (Å²) in [6.07, 6.45) is -5.08. The molecule has 202 valence electrons. The Bertz CT molecular complexity index is 1720. The third-order valence-corrected chi connectivity index (χ3v) is 9.44. The van der Waals surface area contributed by atoms with E-state index in [1.807, 2.05) is 6.07 Å². The fourth-order valence-corrected chi connectivity index (χ4v) is 7.33. The molecule has 1 aliphatic heterocycles. The van der Waals surface area contributed by atoms with Crippen molar-refractivity contribution in [3.8, 4) is 22.5 Å². The minimum Gasteiger partial charge on any atom is -0.475 e. The maximum Gasteiger partial charge on any atom is 0.490 e. The van der Waals surface area contributed by atoms with Crippen LogP contribution in [0.1, 0.15) is 0 Å². The van der Waals surface area contributed by atoms with Gasteiger partial charge in [-0.05, 0) is 34.5 Å². The van der Waals surface area contributed by atoms with Gasteiger partial charge in [-0.15, -0.1) is 21.5 Å². The number of rotatable bonds is 5. The van der Waals surface area contributed by atoms with E-state index < -0.39 is 42.2 Å². The Morgan fingerprint density at radius 2 is 1.82 bits per heavy atom. The van der Waals surface area contributed by atoms with Crippen LogP contribution in [0, 0.1) is 0 Å². The third kappa shape index (κ3) is 5.36. The lowest BCUT2D eigenvalue weighted by Gasteiger charge is -2.28. The molecule has 0 amide bonds. The van der Waals surface area contributed by atoms with Crippen molar-refractivity contribution in [3.05, 3.63) is 35.8 Å². The molecule has 4 aromatic rings. The number of primary sulfonamides is 1. The highest BCUT2D eigenvalue weighted by Crippen LogP contribution is 2.40. The van der Waals surface area contributed by atoms with Crippen molar-refractivity contribution in [3.63, 3.8) is 0 Å². The van der Waals surface area contributed by atoms with E-state index in [0.717, 1.165) is 10.2 Å². The Labute approximate surface area is 215 Å². The van der Waals surface area contributed by atoms with Crippen molar-refractivity contribution < 1.29 is 39.9 Å². The lowest BCUT2D eigenvalue weighted by Crippen LogP contribution is -2.51. The second kappa shape index (κ2) is 9.98. The van der Waals surface area contributed by atoms with Crippen molar-refractivity contribution in [2.24, 2.45) is 5.14 Å². The van der Waals surface area contributed by atoms with Crippen molar-refractivity contribution in [1.29, 1.82) is 0 Å². The van der Waals surface area contributed by atoms with Crippen LogP contribution in [-0.2, 0) is 24.7 Å². The Morgan fingerprint density at radius 1 is 1.13 bits per heavy atom. The summed E-state index contributed by atoms with van der Waals surface area (Å²) in [6, 6.07) is 8.23. The highest BCUT2D eigenvalue weighted by Gasteiger charge is 2.39. The minimum absolute atomic E-state index is 0.0285. The number of nitrogens with two attached hydrogens (primary N) is 1. The summed E-state index contributed by atoms with van der Waals surface area (Å²) >= 11 is 1.47. The number of carboxylic acids is 1. The Morgan fingerprint density at radius 3 is 2.34 bits per heavy atom. The van der Waals surface area contributed by atoms with E-state index in [0.29, 0.717) is 11.1 Å². The number of hydrogen-bond acceptors (Lipinski definition) is 11. The number of thiazole rings is 1. The number of carbonyl (C=O) groups is 1. The zero-order valence-electron chi connectivity index (χ0n) is 18.7. The Balaban J connectivity index is 0.000000426. The number of alkyl halides is 3. The number of fused-ring (bicyclic) bond motifs is 1. The quantitative estimate of drug-likeness (QED) is 0.259. The van der Waals surface area contributed by atoms with Crippen LogP contribution in [0.2, 0.25) is 0 Å². The average Bonchev–Trinajstić information content (AvgIpc) is 3.47. The molecule has 1 aliphatic rings. The van der Waals surface area contributed by atoms with Gasteiger partial charge in [0.2, 0.25) is 15.8 Å². The first-order valence-electron chi connectivity index (χ1n) is 10.2. The second-order valence-corrected chi connectivity index (χ2v) is 12.3. The molecule has 1 saturated heterocycles. The van der Waals surface area contributed by atoms with E-state index >= 15 is 0 Å². The van der Waals surface area contributed by atoms with E-state index in [-0.39, 0.29) is 29.4 Å². The molecular formula is C19H16F3N7O6S3. The molecular weight excluding hydrogens is 575 g/mol. The summed E-state index contributed by atoms with van der Waals surface area (Å²) in [6.45, 7) is 0.457. The van der Waals surface area contributed by atoms with Crippen molar-refractivity contribution in [1.82, 2.24) is 30.9 Å². The smallest absolute Gasteiger partial charge is 0.475 e. The van der Waals surface area contributed by atoms with Gasteiger partial charge in [-0.1, -0.05) is 12.1 Å². The van der Waals surface area contributed by atoms with E-state index in [2.05, 4.69) is 30.9 Å². The first-order chi connectivity index (χ1) is 17.7. The average molecular weight is 592 g/mol. The van der Waals surface area contributed by atoms with Gasteiger partial charge in [-0.3, -0.25) is 0 Å². The fourth-order valence-electron chi connectivity index (χ4n) is 3.49. The van der Waals surface area contributed by atoms with Crippen molar-refractivity contribution in [2.45, 2.75) is 21.2 Å². The van der Waals surface area contributed by atoms with E-state index in [1.54, 1.807) is 17.6 Å². The number of hydrogen-bond donors (Lipinski definition) is 4. The molecule has 0 unspecified atom stereocenters. The normalized spacial score (nSPS) is 14.5. The predicted octanol–water partition coefficient (Wildman–Crippen LogP) is 1.17. The van der Waals surface area contributed by atoms with Gasteiger partial charge in [0.05, 0.1) is 31.4 Å². The summed E-state index contributed by atoms with van der Waals surface area (Å²) in [7, 11) is -8.46. The molecule has 38 heavy (non-hydrogen) atoms. The topological polar surface area (TPSA) is 211 Å². The van der Waals surface area contributed by atoms with E-state index in [1.165, 1.54) is 23.5 Å². The Hall–Kier alpha value is -3.52. The number of carboxylic acid groups (broad SMARTS) is 1. The molecule has 2 aromatic carbocycles. The first-order valence-corrected chi connectivity index (χ1v) is 14.2. The van der Waals surface area contributed by atoms with E-state index in [4.69, 9.17) is 15.0 Å². The number of aromatic amines is 1. The monoisotopic (exact) mass is 591 g/mol. The van der Waals surface area contributed by atoms with Gasteiger partial charge < -0.3 is 10.4 Å². The molecule has 5 N–H and O–H groups in total. The Kier molecular flexibility index (Phi) is 7.23. The third-order valence-electron chi connectivity index (χ3n) is 5.35. The molecule has 0 radical (unpaired) electrons. The standard InChI is InChI=1S/C17H15N7O4S3.C2HF3O2/c18-31(27,28)16-14(30(25,26)10-6-19-7-10)4-2-11(15(16)17-21-23-24-22-17)9-1-3-13-12(5-9)20-8-29-13;3-2(4,5)1(6)7/h1-5,8,10,19H,6-7H2,(H2,18,27,28)(H,21,22,23,24);(H,6,7). The fraction of sp³-hybridized carbons (Fsp3) is 0.211. The molecule has 0 spiro atoms. The summed E-state index contributed by atoms with van der Waals surface area (Å²) in [4.78, 5) is 12.3. The first kappa shape index (κ1) is 27.5. The molecule has 1 fully saturated rings. The van der Waals surface area contributed by atoms with Gasteiger partial charge in [-0.2, -0.15) is 18.4 Å². The lowest BCUT2D eigenvalue weighted by atomic mass is 9.99. The van der Waals surface area contributed by atoms with Gasteiger partial charge in [0.1, 0.15) is 4.90 Å². The van der Waals surface area contributed by atoms with E-state index in [9.17, 15) is 30.0 Å². The molecule has 0 bridgehead atoms. The zero-order valence-corrected chi connectivity index (χ0v) is 21.1. The predicted molar refractivity (Wildman–Crippen MR) is 127 cm³/mol. The summed E-state index contributed by atoms with van der Waals surface area (Å²) in [5.41, 5.74) is 3.39. The summed E-state index contributed by atoms with van der Waals surface area (Å²) < 4.78 is 84.4. The SMILES string of the molecule is NS(=O)(=O)c1c(S(=O)(=O)C2CNC2)ccc(-c2ccc3scnc3c2)c1-c1nn[nH]n1.O=C(O)C(F)(F)F. The number of aliphatic carboxylic acids is 1. The van der Waals surface area contributed by atoms with Crippen LogP contribution in [0.5, 0.6) is 0 Å². The van der Waals surface area contributed by atoms with Crippen LogP contribution in [-0.4, -0.2) is 78.0 Å². The lowest BCUT2D eigenvalue weighted by molar-refractivity contribution is -0.192. The summed E-state index contributed by atoms with van der Waals surface area (Å²) in [5.74, 6) is -2.84. The molecule has 0 saturated carbocycles. The number of H-pyrrole nitrogens is 1.